The highest BCUT2D eigenvalue weighted by atomic mass is 28.4. The molecule has 3 atom stereocenters. The number of hydrogen-bond acceptors (Lipinski definition) is 3. The van der Waals surface area contributed by atoms with Crippen LogP contribution in [-0.2, 0) is 13.6 Å². The highest BCUT2D eigenvalue weighted by Gasteiger charge is 2.62. The smallest absolute Gasteiger partial charge is 0.349 e. The maximum Gasteiger partial charge on any atom is 0.349 e. The largest absolute Gasteiger partial charge is 0.391 e. The van der Waals surface area contributed by atoms with Crippen LogP contribution in [0.5, 0.6) is 0 Å². The quantitative estimate of drug-likeness (QED) is 0.414. The standard InChI is InChI=1S/C17H28O3Si/c1-8-9-13-10-11-14-15(19-13)12-18-21(20-14,16(2,3)4)17(5,6)7/h9-11,13-15H,1,12H2,2-7H3/t13-,14-,15-/m1/s1. The summed E-state index contributed by atoms with van der Waals surface area (Å²) in [6.07, 6.45) is 5.82. The minimum absolute atomic E-state index is 0.00191. The fraction of sp³-hybridized carbons (Fsp3) is 0.706. The summed E-state index contributed by atoms with van der Waals surface area (Å²) < 4.78 is 19.0. The third-order valence-corrected chi connectivity index (χ3v) is 9.33. The van der Waals surface area contributed by atoms with Gasteiger partial charge in [-0.3, -0.25) is 0 Å². The molecule has 0 aromatic carbocycles. The van der Waals surface area contributed by atoms with Crippen molar-refractivity contribution in [1.82, 2.24) is 0 Å². The summed E-state index contributed by atoms with van der Waals surface area (Å²) >= 11 is 0. The SMILES string of the molecule is C=C=C[C@@H]1C=C[C@H]2O[Si](C(C)(C)C)(C(C)(C)C)OC[C@H]2O1. The van der Waals surface area contributed by atoms with Gasteiger partial charge in [-0.2, -0.15) is 0 Å². The second kappa shape index (κ2) is 5.53. The fourth-order valence-corrected chi connectivity index (χ4v) is 8.37. The Hall–Kier alpha value is -0.643. The monoisotopic (exact) mass is 308 g/mol. The zero-order valence-corrected chi connectivity index (χ0v) is 15.1. The van der Waals surface area contributed by atoms with Crippen molar-refractivity contribution in [2.45, 2.75) is 69.9 Å². The van der Waals surface area contributed by atoms with E-state index in [1.54, 1.807) is 0 Å². The average molecular weight is 308 g/mol. The van der Waals surface area contributed by atoms with Gasteiger partial charge < -0.3 is 13.6 Å². The topological polar surface area (TPSA) is 27.7 Å². The number of fused-ring (bicyclic) bond motifs is 1. The van der Waals surface area contributed by atoms with Gasteiger partial charge in [0, 0.05) is 10.1 Å². The number of hydrogen-bond donors (Lipinski definition) is 0. The van der Waals surface area contributed by atoms with Gasteiger partial charge in [-0.05, 0) is 6.08 Å². The Balaban J connectivity index is 2.29. The predicted molar refractivity (Wildman–Crippen MR) is 87.5 cm³/mol. The Morgan fingerprint density at radius 2 is 1.76 bits per heavy atom. The van der Waals surface area contributed by atoms with Gasteiger partial charge in [0.1, 0.15) is 12.2 Å². The normalized spacial score (nSPS) is 32.2. The molecule has 0 N–H and O–H groups in total. The summed E-state index contributed by atoms with van der Waals surface area (Å²) in [5, 5.41) is 0.00382. The lowest BCUT2D eigenvalue weighted by atomic mass is 10.1. The van der Waals surface area contributed by atoms with Crippen LogP contribution in [0, 0.1) is 0 Å². The molecule has 0 unspecified atom stereocenters. The van der Waals surface area contributed by atoms with Gasteiger partial charge in [-0.25, -0.2) is 0 Å². The first-order valence-corrected chi connectivity index (χ1v) is 9.44. The highest BCUT2D eigenvalue weighted by molar-refractivity contribution is 6.73. The summed E-state index contributed by atoms with van der Waals surface area (Å²) in [5.41, 5.74) is 2.77. The minimum Gasteiger partial charge on any atom is -0.391 e. The molecule has 1 fully saturated rings. The van der Waals surface area contributed by atoms with Crippen molar-refractivity contribution in [3.63, 3.8) is 0 Å². The third-order valence-electron chi connectivity index (χ3n) is 4.20. The Labute approximate surface area is 129 Å². The Bertz CT molecular complexity index is 449. The van der Waals surface area contributed by atoms with Crippen LogP contribution >= 0.6 is 0 Å². The second-order valence-electron chi connectivity index (χ2n) is 7.90. The van der Waals surface area contributed by atoms with Crippen molar-refractivity contribution >= 4 is 8.56 Å². The van der Waals surface area contributed by atoms with Gasteiger partial charge in [-0.15, -0.1) is 5.73 Å². The molecule has 0 saturated carbocycles. The van der Waals surface area contributed by atoms with Crippen molar-refractivity contribution in [1.29, 1.82) is 0 Å². The zero-order valence-electron chi connectivity index (χ0n) is 14.1. The van der Waals surface area contributed by atoms with Crippen LogP contribution in [0.1, 0.15) is 41.5 Å². The molecule has 0 aromatic heterocycles. The Morgan fingerprint density at radius 1 is 1.14 bits per heavy atom. The Kier molecular flexibility index (Phi) is 4.40. The van der Waals surface area contributed by atoms with E-state index in [-0.39, 0.29) is 28.4 Å². The van der Waals surface area contributed by atoms with Gasteiger partial charge in [0.2, 0.25) is 0 Å². The van der Waals surface area contributed by atoms with Crippen molar-refractivity contribution in [3.8, 4) is 0 Å². The van der Waals surface area contributed by atoms with Crippen LogP contribution in [0.4, 0.5) is 0 Å². The third kappa shape index (κ3) is 2.96. The van der Waals surface area contributed by atoms with Gasteiger partial charge in [0.25, 0.3) is 0 Å². The van der Waals surface area contributed by atoms with Crippen LogP contribution in [0.2, 0.25) is 10.1 Å². The van der Waals surface area contributed by atoms with Crippen LogP contribution in [0.3, 0.4) is 0 Å². The molecule has 0 aliphatic carbocycles. The summed E-state index contributed by atoms with van der Waals surface area (Å²) in [4.78, 5) is 0. The summed E-state index contributed by atoms with van der Waals surface area (Å²) in [5.74, 6) is 0. The van der Waals surface area contributed by atoms with Crippen molar-refractivity contribution in [3.05, 3.63) is 30.5 Å². The molecule has 0 radical (unpaired) electrons. The molecule has 3 nitrogen and oxygen atoms in total. The zero-order chi connectivity index (χ0) is 15.9. The van der Waals surface area contributed by atoms with Gasteiger partial charge in [-0.1, -0.05) is 60.3 Å². The van der Waals surface area contributed by atoms with Crippen molar-refractivity contribution in [2.24, 2.45) is 0 Å². The molecule has 2 aliphatic heterocycles. The molecule has 4 heteroatoms. The van der Waals surface area contributed by atoms with Gasteiger partial charge >= 0.3 is 8.56 Å². The van der Waals surface area contributed by atoms with Crippen LogP contribution in [-0.4, -0.2) is 33.5 Å². The first-order chi connectivity index (χ1) is 9.61. The Morgan fingerprint density at radius 3 is 2.29 bits per heavy atom. The maximum atomic E-state index is 6.59. The lowest BCUT2D eigenvalue weighted by Gasteiger charge is -2.54. The molecular formula is C17H28O3Si. The lowest BCUT2D eigenvalue weighted by Crippen LogP contribution is -2.65. The number of ether oxygens (including phenoxy) is 1. The van der Waals surface area contributed by atoms with E-state index < -0.39 is 8.56 Å². The molecule has 0 aromatic rings. The molecule has 2 rings (SSSR count). The second-order valence-corrected chi connectivity index (χ2v) is 12.7. The van der Waals surface area contributed by atoms with Gasteiger partial charge in [0.05, 0.1) is 12.7 Å². The summed E-state index contributed by atoms with van der Waals surface area (Å²) in [6.45, 7) is 17.5. The molecule has 2 aliphatic rings. The molecule has 2 heterocycles. The van der Waals surface area contributed by atoms with E-state index in [0.29, 0.717) is 6.61 Å². The van der Waals surface area contributed by atoms with E-state index in [4.69, 9.17) is 13.6 Å². The van der Waals surface area contributed by atoms with Crippen LogP contribution < -0.4 is 0 Å². The van der Waals surface area contributed by atoms with E-state index in [1.807, 2.05) is 12.2 Å². The molecule has 0 bridgehead atoms. The first kappa shape index (κ1) is 16.7. The fourth-order valence-electron chi connectivity index (χ4n) is 3.46. The highest BCUT2D eigenvalue weighted by Crippen LogP contribution is 2.54. The van der Waals surface area contributed by atoms with E-state index in [9.17, 15) is 0 Å². The molecule has 0 amide bonds. The van der Waals surface area contributed by atoms with Gasteiger partial charge in [0.15, 0.2) is 0 Å². The molecular weight excluding hydrogens is 280 g/mol. The minimum atomic E-state index is -2.40. The van der Waals surface area contributed by atoms with Crippen LogP contribution in [0.25, 0.3) is 0 Å². The van der Waals surface area contributed by atoms with E-state index in [1.165, 1.54) is 0 Å². The predicted octanol–water partition coefficient (Wildman–Crippen LogP) is 4.11. The maximum absolute atomic E-state index is 6.59. The van der Waals surface area contributed by atoms with Crippen LogP contribution in [0.15, 0.2) is 30.5 Å². The summed E-state index contributed by atoms with van der Waals surface area (Å²) in [6, 6.07) is 0. The molecule has 118 valence electrons. The van der Waals surface area contributed by atoms with E-state index in [2.05, 4.69) is 59.9 Å². The molecule has 1 saturated heterocycles. The summed E-state index contributed by atoms with van der Waals surface area (Å²) in [7, 11) is -2.40. The van der Waals surface area contributed by atoms with E-state index >= 15 is 0 Å². The molecule has 0 spiro atoms. The molecule has 21 heavy (non-hydrogen) atoms. The lowest BCUT2D eigenvalue weighted by molar-refractivity contribution is -0.106. The van der Waals surface area contributed by atoms with Crippen molar-refractivity contribution in [2.75, 3.05) is 6.61 Å². The number of rotatable bonds is 1. The first-order valence-electron chi connectivity index (χ1n) is 7.62. The van der Waals surface area contributed by atoms with Crippen molar-refractivity contribution < 1.29 is 13.6 Å². The van der Waals surface area contributed by atoms with E-state index in [0.717, 1.165) is 0 Å². The average Bonchev–Trinajstić information content (AvgIpc) is 2.35.